The van der Waals surface area contributed by atoms with Crippen LogP contribution in [0, 0.1) is 0 Å². The molecule has 0 amide bonds. The highest BCUT2D eigenvalue weighted by molar-refractivity contribution is 6.17. The van der Waals surface area contributed by atoms with Gasteiger partial charge in [0.25, 0.3) is 0 Å². The Morgan fingerprint density at radius 1 is 1.30 bits per heavy atom. The van der Waals surface area contributed by atoms with Crippen molar-refractivity contribution in [1.82, 2.24) is 19.4 Å². The Hall–Kier alpha value is -1.33. The molecule has 5 nitrogen and oxygen atoms in total. The van der Waals surface area contributed by atoms with Gasteiger partial charge in [-0.1, -0.05) is 0 Å². The Morgan fingerprint density at radius 2 is 2.10 bits per heavy atom. The van der Waals surface area contributed by atoms with E-state index in [2.05, 4.69) is 33.5 Å². The van der Waals surface area contributed by atoms with Crippen molar-refractivity contribution in [2.24, 2.45) is 0 Å². The minimum absolute atomic E-state index is 0.564. The summed E-state index contributed by atoms with van der Waals surface area (Å²) in [5, 5.41) is 0. The van der Waals surface area contributed by atoms with E-state index in [4.69, 9.17) is 16.3 Å². The second-order valence-electron chi connectivity index (χ2n) is 4.97. The highest BCUT2D eigenvalue weighted by atomic mass is 35.5. The third-order valence-corrected chi connectivity index (χ3v) is 3.35. The third kappa shape index (κ3) is 3.41. The summed E-state index contributed by atoms with van der Waals surface area (Å²) < 4.78 is 7.36. The molecule has 0 unspecified atom stereocenters. The van der Waals surface area contributed by atoms with Gasteiger partial charge in [0.05, 0.1) is 7.11 Å². The number of pyridine rings is 1. The number of imidazole rings is 1. The SMILES string of the molecule is COc1ccc2nc(CCCl)n(CCCN(C)C)c2n1. The summed E-state index contributed by atoms with van der Waals surface area (Å²) in [6, 6.07) is 3.78. The first-order valence-corrected chi connectivity index (χ1v) is 7.30. The zero-order valence-corrected chi connectivity index (χ0v) is 13.0. The standard InChI is InChI=1S/C14H21ClN4O/c1-18(2)9-4-10-19-12(7-8-15)16-11-5-6-13(20-3)17-14(11)19/h5-6H,4,7-10H2,1-3H3. The van der Waals surface area contributed by atoms with Crippen LogP contribution >= 0.6 is 11.6 Å². The number of aryl methyl sites for hydroxylation is 2. The molecular formula is C14H21ClN4O. The van der Waals surface area contributed by atoms with Crippen LogP contribution in [-0.2, 0) is 13.0 Å². The molecule has 0 saturated heterocycles. The largest absolute Gasteiger partial charge is 0.481 e. The van der Waals surface area contributed by atoms with Gasteiger partial charge < -0.3 is 14.2 Å². The van der Waals surface area contributed by atoms with Crippen molar-refractivity contribution in [1.29, 1.82) is 0 Å². The van der Waals surface area contributed by atoms with Crippen molar-refractivity contribution in [3.05, 3.63) is 18.0 Å². The highest BCUT2D eigenvalue weighted by Gasteiger charge is 2.12. The zero-order chi connectivity index (χ0) is 14.5. The van der Waals surface area contributed by atoms with E-state index in [1.807, 2.05) is 12.1 Å². The summed E-state index contributed by atoms with van der Waals surface area (Å²) >= 11 is 5.87. The maximum Gasteiger partial charge on any atom is 0.215 e. The first kappa shape index (κ1) is 15.1. The number of ether oxygens (including phenoxy) is 1. The molecule has 0 fully saturated rings. The molecule has 2 rings (SSSR count). The van der Waals surface area contributed by atoms with Crippen LogP contribution in [0.4, 0.5) is 0 Å². The minimum atomic E-state index is 0.564. The summed E-state index contributed by atoms with van der Waals surface area (Å²) in [6.07, 6.45) is 1.80. The lowest BCUT2D eigenvalue weighted by Gasteiger charge is -2.11. The first-order chi connectivity index (χ1) is 9.65. The topological polar surface area (TPSA) is 43.2 Å². The Labute approximate surface area is 124 Å². The Morgan fingerprint density at radius 3 is 2.75 bits per heavy atom. The normalized spacial score (nSPS) is 11.4. The third-order valence-electron chi connectivity index (χ3n) is 3.16. The molecule has 0 bridgehead atoms. The number of rotatable bonds is 7. The molecule has 110 valence electrons. The predicted molar refractivity (Wildman–Crippen MR) is 81.7 cm³/mol. The molecule has 0 radical (unpaired) electrons. The summed E-state index contributed by atoms with van der Waals surface area (Å²) in [6.45, 7) is 1.92. The molecule has 2 aromatic heterocycles. The fourth-order valence-corrected chi connectivity index (χ4v) is 2.37. The van der Waals surface area contributed by atoms with Crippen LogP contribution in [0.15, 0.2) is 12.1 Å². The lowest BCUT2D eigenvalue weighted by atomic mass is 10.3. The Kier molecular flexibility index (Phi) is 5.20. The molecule has 0 saturated carbocycles. The van der Waals surface area contributed by atoms with E-state index in [9.17, 15) is 0 Å². The van der Waals surface area contributed by atoms with Crippen LogP contribution in [-0.4, -0.2) is 53.1 Å². The first-order valence-electron chi connectivity index (χ1n) is 6.76. The van der Waals surface area contributed by atoms with Crippen molar-refractivity contribution < 1.29 is 4.74 Å². The van der Waals surface area contributed by atoms with Crippen LogP contribution in [0.5, 0.6) is 5.88 Å². The average Bonchev–Trinajstić information content (AvgIpc) is 2.76. The van der Waals surface area contributed by atoms with Crippen molar-refractivity contribution in [3.63, 3.8) is 0 Å². The molecule has 6 heteroatoms. The molecule has 0 spiro atoms. The van der Waals surface area contributed by atoms with E-state index in [1.165, 1.54) is 0 Å². The predicted octanol–water partition coefficient (Wildman–Crippen LogP) is 2.17. The molecule has 0 aromatic carbocycles. The minimum Gasteiger partial charge on any atom is -0.481 e. The van der Waals surface area contributed by atoms with E-state index >= 15 is 0 Å². The van der Waals surface area contributed by atoms with Crippen LogP contribution < -0.4 is 4.74 Å². The van der Waals surface area contributed by atoms with E-state index in [-0.39, 0.29) is 0 Å². The number of nitrogens with zero attached hydrogens (tertiary/aromatic N) is 4. The van der Waals surface area contributed by atoms with Gasteiger partial charge >= 0.3 is 0 Å². The van der Waals surface area contributed by atoms with Gasteiger partial charge in [-0.15, -0.1) is 11.6 Å². The van der Waals surface area contributed by atoms with Crippen LogP contribution in [0.25, 0.3) is 11.2 Å². The monoisotopic (exact) mass is 296 g/mol. The number of alkyl halides is 1. The van der Waals surface area contributed by atoms with Gasteiger partial charge in [0.1, 0.15) is 11.3 Å². The van der Waals surface area contributed by atoms with E-state index in [0.29, 0.717) is 11.8 Å². The molecule has 0 aliphatic rings. The van der Waals surface area contributed by atoms with Crippen molar-refractivity contribution in [2.45, 2.75) is 19.4 Å². The maximum atomic E-state index is 5.87. The van der Waals surface area contributed by atoms with Crippen molar-refractivity contribution in [2.75, 3.05) is 33.6 Å². The second kappa shape index (κ2) is 6.90. The van der Waals surface area contributed by atoms with Crippen LogP contribution in [0.2, 0.25) is 0 Å². The van der Waals surface area contributed by atoms with Gasteiger partial charge in [-0.25, -0.2) is 4.98 Å². The molecule has 0 aliphatic carbocycles. The molecule has 0 atom stereocenters. The van der Waals surface area contributed by atoms with Crippen molar-refractivity contribution >= 4 is 22.8 Å². The Bertz CT molecular complexity index is 568. The van der Waals surface area contributed by atoms with Crippen molar-refractivity contribution in [3.8, 4) is 5.88 Å². The Balaban J connectivity index is 2.32. The van der Waals surface area contributed by atoms with Crippen LogP contribution in [0.3, 0.4) is 0 Å². The summed E-state index contributed by atoms with van der Waals surface area (Å²) in [7, 11) is 5.78. The number of fused-ring (bicyclic) bond motifs is 1. The second-order valence-corrected chi connectivity index (χ2v) is 5.35. The van der Waals surface area contributed by atoms with Gasteiger partial charge in [-0.3, -0.25) is 0 Å². The van der Waals surface area contributed by atoms with E-state index < -0.39 is 0 Å². The zero-order valence-electron chi connectivity index (χ0n) is 12.3. The van der Waals surface area contributed by atoms with E-state index in [0.717, 1.165) is 42.9 Å². The molecule has 0 aliphatic heterocycles. The highest BCUT2D eigenvalue weighted by Crippen LogP contribution is 2.19. The maximum absolute atomic E-state index is 5.87. The summed E-state index contributed by atoms with van der Waals surface area (Å²) in [4.78, 5) is 11.3. The van der Waals surface area contributed by atoms with Gasteiger partial charge in [0.2, 0.25) is 5.88 Å². The molecule has 2 heterocycles. The molecule has 20 heavy (non-hydrogen) atoms. The smallest absolute Gasteiger partial charge is 0.215 e. The number of hydrogen-bond donors (Lipinski definition) is 0. The number of aromatic nitrogens is 3. The average molecular weight is 297 g/mol. The van der Waals surface area contributed by atoms with Gasteiger partial charge in [0.15, 0.2) is 5.65 Å². The number of halogens is 1. The summed E-state index contributed by atoms with van der Waals surface area (Å²) in [5.74, 6) is 2.17. The molecule has 2 aromatic rings. The van der Waals surface area contributed by atoms with Crippen LogP contribution in [0.1, 0.15) is 12.2 Å². The number of hydrogen-bond acceptors (Lipinski definition) is 4. The van der Waals surface area contributed by atoms with Gasteiger partial charge in [-0.2, -0.15) is 4.98 Å². The fourth-order valence-electron chi connectivity index (χ4n) is 2.20. The fraction of sp³-hybridized carbons (Fsp3) is 0.571. The number of methoxy groups -OCH3 is 1. The lowest BCUT2D eigenvalue weighted by Crippen LogP contribution is -2.16. The quantitative estimate of drug-likeness (QED) is 0.735. The molecule has 0 N–H and O–H groups in total. The summed E-state index contributed by atoms with van der Waals surface area (Å²) in [5.41, 5.74) is 1.78. The van der Waals surface area contributed by atoms with E-state index in [1.54, 1.807) is 7.11 Å². The molecular weight excluding hydrogens is 276 g/mol. The van der Waals surface area contributed by atoms with Gasteiger partial charge in [0, 0.05) is 24.9 Å². The van der Waals surface area contributed by atoms with Gasteiger partial charge in [-0.05, 0) is 33.1 Å². The lowest BCUT2D eigenvalue weighted by molar-refractivity contribution is 0.384.